The Bertz CT molecular complexity index is 1020. The molecule has 7 nitrogen and oxygen atoms in total. The highest BCUT2D eigenvalue weighted by molar-refractivity contribution is 6.34. The van der Waals surface area contributed by atoms with Gasteiger partial charge in [-0.2, -0.15) is 4.98 Å². The van der Waals surface area contributed by atoms with Crippen LogP contribution in [0, 0.1) is 5.82 Å². The molecular formula is C20H18ClFN4O3. The van der Waals surface area contributed by atoms with Gasteiger partial charge in [0.25, 0.3) is 0 Å². The Kier molecular flexibility index (Phi) is 6.56. The normalized spacial score (nSPS) is 10.6. The zero-order valence-electron chi connectivity index (χ0n) is 15.5. The highest BCUT2D eigenvalue weighted by atomic mass is 35.5. The quantitative estimate of drug-likeness (QED) is 0.593. The van der Waals surface area contributed by atoms with Crippen molar-refractivity contribution in [3.8, 4) is 11.4 Å². The van der Waals surface area contributed by atoms with E-state index in [-0.39, 0.29) is 24.1 Å². The van der Waals surface area contributed by atoms with Gasteiger partial charge in [0.15, 0.2) is 0 Å². The molecule has 2 amide bonds. The Morgan fingerprint density at radius 2 is 1.90 bits per heavy atom. The molecule has 0 aliphatic heterocycles. The van der Waals surface area contributed by atoms with Gasteiger partial charge in [0, 0.05) is 31.0 Å². The van der Waals surface area contributed by atoms with E-state index in [4.69, 9.17) is 16.1 Å². The minimum atomic E-state index is -0.340. The van der Waals surface area contributed by atoms with Crippen LogP contribution < -0.4 is 10.6 Å². The van der Waals surface area contributed by atoms with E-state index in [2.05, 4.69) is 20.8 Å². The first-order valence-corrected chi connectivity index (χ1v) is 9.24. The van der Waals surface area contributed by atoms with Crippen molar-refractivity contribution in [1.82, 2.24) is 10.1 Å². The molecule has 2 N–H and O–H groups in total. The first-order chi connectivity index (χ1) is 13.9. The number of nitrogens with one attached hydrogen (secondary N) is 2. The van der Waals surface area contributed by atoms with Crippen LogP contribution in [-0.4, -0.2) is 22.0 Å². The minimum absolute atomic E-state index is 0.207. The van der Waals surface area contributed by atoms with E-state index in [9.17, 15) is 14.0 Å². The van der Waals surface area contributed by atoms with Gasteiger partial charge in [0.2, 0.25) is 23.5 Å². The predicted octanol–water partition coefficient (Wildman–Crippen LogP) is 4.45. The minimum Gasteiger partial charge on any atom is -0.339 e. The maximum absolute atomic E-state index is 13.0. The van der Waals surface area contributed by atoms with E-state index in [1.54, 1.807) is 30.3 Å². The molecule has 0 spiro atoms. The Labute approximate surface area is 171 Å². The zero-order chi connectivity index (χ0) is 20.8. The van der Waals surface area contributed by atoms with Crippen molar-refractivity contribution in [1.29, 1.82) is 0 Å². The van der Waals surface area contributed by atoms with E-state index >= 15 is 0 Å². The number of carbonyl (C=O) groups excluding carboxylic acids is 2. The molecular weight excluding hydrogens is 399 g/mol. The monoisotopic (exact) mass is 416 g/mol. The molecule has 1 heterocycles. The van der Waals surface area contributed by atoms with Crippen LogP contribution in [0.5, 0.6) is 0 Å². The van der Waals surface area contributed by atoms with Gasteiger partial charge in [-0.1, -0.05) is 16.8 Å². The van der Waals surface area contributed by atoms with Crippen LogP contribution in [0.1, 0.15) is 25.7 Å². The fourth-order valence-electron chi connectivity index (χ4n) is 2.58. The van der Waals surface area contributed by atoms with E-state index in [1.807, 2.05) is 0 Å². The number of anilines is 2. The van der Waals surface area contributed by atoms with Crippen molar-refractivity contribution in [2.24, 2.45) is 0 Å². The lowest BCUT2D eigenvalue weighted by Crippen LogP contribution is -2.12. The van der Waals surface area contributed by atoms with Gasteiger partial charge in [-0.15, -0.1) is 0 Å². The maximum atomic E-state index is 13.0. The second-order valence-corrected chi connectivity index (χ2v) is 6.70. The lowest BCUT2D eigenvalue weighted by atomic mass is 10.2. The molecule has 0 radical (unpaired) electrons. The van der Waals surface area contributed by atoms with Crippen LogP contribution in [0.15, 0.2) is 47.0 Å². The lowest BCUT2D eigenvalue weighted by Gasteiger charge is -2.09. The Morgan fingerprint density at radius 3 is 2.59 bits per heavy atom. The van der Waals surface area contributed by atoms with Crippen molar-refractivity contribution in [3.05, 3.63) is 59.2 Å². The van der Waals surface area contributed by atoms with E-state index in [0.717, 1.165) is 0 Å². The highest BCUT2D eigenvalue weighted by Crippen LogP contribution is 2.26. The van der Waals surface area contributed by atoms with Gasteiger partial charge in [0.1, 0.15) is 5.82 Å². The average molecular weight is 417 g/mol. The summed E-state index contributed by atoms with van der Waals surface area (Å²) < 4.78 is 18.1. The summed E-state index contributed by atoms with van der Waals surface area (Å²) in [6.45, 7) is 1.40. The fraction of sp³-hybridized carbons (Fsp3) is 0.200. The summed E-state index contributed by atoms with van der Waals surface area (Å²) in [6.07, 6.45) is 1.16. The summed E-state index contributed by atoms with van der Waals surface area (Å²) in [7, 11) is 0. The topological polar surface area (TPSA) is 97.1 Å². The summed E-state index contributed by atoms with van der Waals surface area (Å²) >= 11 is 6.13. The van der Waals surface area contributed by atoms with Gasteiger partial charge in [0.05, 0.1) is 10.7 Å². The smallest absolute Gasteiger partial charge is 0.226 e. The molecule has 29 heavy (non-hydrogen) atoms. The molecule has 0 fully saturated rings. The first kappa shape index (κ1) is 20.5. The number of carbonyl (C=O) groups is 2. The van der Waals surface area contributed by atoms with Crippen LogP contribution in [0.3, 0.4) is 0 Å². The lowest BCUT2D eigenvalue weighted by molar-refractivity contribution is -0.116. The van der Waals surface area contributed by atoms with E-state index < -0.39 is 0 Å². The number of halogens is 2. The van der Waals surface area contributed by atoms with Crippen LogP contribution in [-0.2, 0) is 16.0 Å². The molecule has 0 atom stereocenters. The fourth-order valence-corrected chi connectivity index (χ4v) is 2.81. The van der Waals surface area contributed by atoms with Crippen molar-refractivity contribution in [2.45, 2.75) is 26.2 Å². The largest absolute Gasteiger partial charge is 0.339 e. The Morgan fingerprint density at radius 1 is 1.14 bits per heavy atom. The molecule has 0 bridgehead atoms. The molecule has 3 rings (SSSR count). The Balaban J connectivity index is 1.49. The Hall–Kier alpha value is -3.26. The molecule has 0 saturated heterocycles. The van der Waals surface area contributed by atoms with Crippen molar-refractivity contribution < 1.29 is 18.5 Å². The van der Waals surface area contributed by atoms with Gasteiger partial charge in [-0.25, -0.2) is 4.39 Å². The number of amides is 2. The number of nitrogens with zero attached hydrogens (tertiary/aromatic N) is 2. The SMILES string of the molecule is CC(=O)Nc1ccc(NC(=O)CCCc2nc(-c3ccc(F)cc3)no2)c(Cl)c1. The van der Waals surface area contributed by atoms with Crippen molar-refractivity contribution in [2.75, 3.05) is 10.6 Å². The standard InChI is InChI=1S/C20H18ClFN4O3/c1-12(27)23-15-9-10-17(16(21)11-15)24-18(28)3-2-4-19-25-20(26-29-19)13-5-7-14(22)8-6-13/h5-11H,2-4H2,1H3,(H,23,27)(H,24,28). The average Bonchev–Trinajstić information content (AvgIpc) is 3.13. The molecule has 9 heteroatoms. The number of rotatable bonds is 7. The molecule has 3 aromatic rings. The number of benzene rings is 2. The summed E-state index contributed by atoms with van der Waals surface area (Å²) in [6, 6.07) is 10.6. The van der Waals surface area contributed by atoms with Gasteiger partial charge < -0.3 is 15.2 Å². The molecule has 0 aliphatic carbocycles. The zero-order valence-corrected chi connectivity index (χ0v) is 16.3. The third-order valence-electron chi connectivity index (χ3n) is 3.93. The van der Waals surface area contributed by atoms with Gasteiger partial charge in [-0.3, -0.25) is 9.59 Å². The second-order valence-electron chi connectivity index (χ2n) is 6.30. The molecule has 150 valence electrons. The van der Waals surface area contributed by atoms with Crippen LogP contribution in [0.25, 0.3) is 11.4 Å². The first-order valence-electron chi connectivity index (χ1n) is 8.86. The number of aryl methyl sites for hydroxylation is 1. The third-order valence-corrected chi connectivity index (χ3v) is 4.24. The summed E-state index contributed by atoms with van der Waals surface area (Å²) in [4.78, 5) is 27.4. The summed E-state index contributed by atoms with van der Waals surface area (Å²) in [5.74, 6) is 0.0116. The maximum Gasteiger partial charge on any atom is 0.226 e. The number of hydrogen-bond donors (Lipinski definition) is 2. The third kappa shape index (κ3) is 5.86. The van der Waals surface area contributed by atoms with Crippen LogP contribution in [0.4, 0.5) is 15.8 Å². The van der Waals surface area contributed by atoms with Crippen LogP contribution in [0.2, 0.25) is 5.02 Å². The molecule has 1 aromatic heterocycles. The van der Waals surface area contributed by atoms with Gasteiger partial charge >= 0.3 is 0 Å². The predicted molar refractivity (Wildman–Crippen MR) is 107 cm³/mol. The highest BCUT2D eigenvalue weighted by Gasteiger charge is 2.11. The number of aromatic nitrogens is 2. The summed E-state index contributed by atoms with van der Waals surface area (Å²) in [5, 5.41) is 9.53. The van der Waals surface area contributed by atoms with E-state index in [1.165, 1.54) is 19.1 Å². The molecule has 0 saturated carbocycles. The van der Waals surface area contributed by atoms with Gasteiger partial charge in [-0.05, 0) is 48.9 Å². The molecule has 2 aromatic carbocycles. The van der Waals surface area contributed by atoms with Crippen molar-refractivity contribution in [3.63, 3.8) is 0 Å². The van der Waals surface area contributed by atoms with Crippen molar-refractivity contribution >= 4 is 34.8 Å². The molecule has 0 unspecified atom stereocenters. The second kappa shape index (κ2) is 9.29. The summed E-state index contributed by atoms with van der Waals surface area (Å²) in [5.41, 5.74) is 1.66. The number of hydrogen-bond acceptors (Lipinski definition) is 5. The van der Waals surface area contributed by atoms with E-state index in [0.29, 0.717) is 46.5 Å². The van der Waals surface area contributed by atoms with Crippen LogP contribution >= 0.6 is 11.6 Å². The molecule has 0 aliphatic rings.